The zero-order chi connectivity index (χ0) is 18.4. The number of carbonyl (C=O) groups excluding carboxylic acids is 1. The molecule has 0 aliphatic heterocycles. The molecule has 3 aromatic heterocycles. The Labute approximate surface area is 159 Å². The van der Waals surface area contributed by atoms with Gasteiger partial charge in [-0.1, -0.05) is 6.92 Å². The molecule has 26 heavy (non-hydrogen) atoms. The Kier molecular flexibility index (Phi) is 4.44. The number of ether oxygens (including phenoxy) is 1. The minimum atomic E-state index is -0.611. The Morgan fingerprint density at radius 2 is 2.19 bits per heavy atom. The van der Waals surface area contributed by atoms with Crippen LogP contribution in [0.4, 0.5) is 0 Å². The summed E-state index contributed by atoms with van der Waals surface area (Å²) in [5.41, 5.74) is 1.02. The summed E-state index contributed by atoms with van der Waals surface area (Å²) in [6.45, 7) is 5.92. The van der Waals surface area contributed by atoms with E-state index in [1.807, 2.05) is 13.0 Å². The lowest BCUT2D eigenvalue weighted by Crippen LogP contribution is -2.18. The molecule has 136 valence electrons. The van der Waals surface area contributed by atoms with E-state index < -0.39 is 12.1 Å². The summed E-state index contributed by atoms with van der Waals surface area (Å²) < 4.78 is 5.50. The Hall–Kier alpha value is -1.99. The predicted molar refractivity (Wildman–Crippen MR) is 104 cm³/mol. The number of nitrogens with zero attached hydrogens (tertiary/aromatic N) is 1. The number of fused-ring (bicyclic) bond motifs is 3. The number of aromatic nitrogens is 2. The number of thiophene rings is 2. The second-order valence-electron chi connectivity index (χ2n) is 6.94. The first-order valence-electron chi connectivity index (χ1n) is 8.74. The monoisotopic (exact) mass is 388 g/mol. The van der Waals surface area contributed by atoms with Crippen molar-refractivity contribution in [3.05, 3.63) is 48.5 Å². The number of hydrogen-bond donors (Lipinski definition) is 1. The standard InChI is InChI=1S/C19H20N2O3S2/c1-9-4-6-12-14(8-9)26-18-15(12)17(22)20-16(21-18)11(3)24-19(23)13-7-5-10(2)25-13/h5,7,9,11H,4,6,8H2,1-3H3,(H,20,21,22)/t9-,11+/m1/s1. The summed E-state index contributed by atoms with van der Waals surface area (Å²) in [5.74, 6) is 0.650. The molecule has 0 unspecified atom stereocenters. The predicted octanol–water partition coefficient (Wildman–Crippen LogP) is 4.40. The molecule has 0 saturated heterocycles. The van der Waals surface area contributed by atoms with Crippen LogP contribution in [0.5, 0.6) is 0 Å². The lowest BCUT2D eigenvalue weighted by Gasteiger charge is -2.17. The van der Waals surface area contributed by atoms with Crippen molar-refractivity contribution in [2.45, 2.75) is 46.1 Å². The summed E-state index contributed by atoms with van der Waals surface area (Å²) in [7, 11) is 0. The van der Waals surface area contributed by atoms with Crippen molar-refractivity contribution in [3.8, 4) is 0 Å². The van der Waals surface area contributed by atoms with E-state index in [2.05, 4.69) is 16.9 Å². The fraction of sp³-hybridized carbons (Fsp3) is 0.421. The van der Waals surface area contributed by atoms with Gasteiger partial charge >= 0.3 is 5.97 Å². The molecule has 2 atom stereocenters. The number of aryl methyl sites for hydroxylation is 2. The van der Waals surface area contributed by atoms with Gasteiger partial charge in [0.1, 0.15) is 9.71 Å². The fourth-order valence-corrected chi connectivity index (χ4v) is 5.52. The lowest BCUT2D eigenvalue weighted by atomic mass is 9.89. The molecule has 3 heterocycles. The topological polar surface area (TPSA) is 72.0 Å². The number of aromatic amines is 1. The first-order valence-corrected chi connectivity index (χ1v) is 10.4. The summed E-state index contributed by atoms with van der Waals surface area (Å²) in [6, 6.07) is 3.64. The maximum atomic E-state index is 12.7. The van der Waals surface area contributed by atoms with E-state index in [4.69, 9.17) is 4.74 Å². The van der Waals surface area contributed by atoms with Gasteiger partial charge in [-0.2, -0.15) is 0 Å². The van der Waals surface area contributed by atoms with Crippen LogP contribution in [0.3, 0.4) is 0 Å². The zero-order valence-corrected chi connectivity index (χ0v) is 16.6. The molecule has 0 amide bonds. The van der Waals surface area contributed by atoms with Gasteiger partial charge in [0.2, 0.25) is 0 Å². The van der Waals surface area contributed by atoms with E-state index in [0.717, 1.165) is 34.5 Å². The highest BCUT2D eigenvalue weighted by Gasteiger charge is 2.24. The van der Waals surface area contributed by atoms with Crippen molar-refractivity contribution in [1.29, 1.82) is 0 Å². The van der Waals surface area contributed by atoms with Gasteiger partial charge in [-0.15, -0.1) is 22.7 Å². The largest absolute Gasteiger partial charge is 0.450 e. The highest BCUT2D eigenvalue weighted by Crippen LogP contribution is 2.36. The summed E-state index contributed by atoms with van der Waals surface area (Å²) in [5, 5.41) is 0.716. The number of esters is 1. The molecule has 0 radical (unpaired) electrons. The molecule has 4 rings (SSSR count). The van der Waals surface area contributed by atoms with Gasteiger partial charge < -0.3 is 9.72 Å². The van der Waals surface area contributed by atoms with Crippen molar-refractivity contribution >= 4 is 38.9 Å². The van der Waals surface area contributed by atoms with Gasteiger partial charge in [0, 0.05) is 9.75 Å². The van der Waals surface area contributed by atoms with Gasteiger partial charge in [0.05, 0.1) is 5.39 Å². The third kappa shape index (κ3) is 3.10. The Morgan fingerprint density at radius 1 is 1.38 bits per heavy atom. The first kappa shape index (κ1) is 17.4. The van der Waals surface area contributed by atoms with Gasteiger partial charge in [-0.05, 0) is 56.7 Å². The van der Waals surface area contributed by atoms with E-state index in [9.17, 15) is 9.59 Å². The smallest absolute Gasteiger partial charge is 0.349 e. The Bertz CT molecular complexity index is 1050. The SMILES string of the molecule is Cc1ccc(C(=O)O[C@@H](C)c2nc3sc4c(c3c(=O)[nH]2)CC[C@@H](C)C4)s1. The minimum Gasteiger partial charge on any atom is -0.450 e. The first-order chi connectivity index (χ1) is 12.4. The fourth-order valence-electron chi connectivity index (χ4n) is 3.38. The molecule has 1 aliphatic rings. The molecule has 1 N–H and O–H groups in total. The van der Waals surface area contributed by atoms with Crippen LogP contribution in [-0.4, -0.2) is 15.9 Å². The third-order valence-electron chi connectivity index (χ3n) is 4.79. The van der Waals surface area contributed by atoms with Crippen molar-refractivity contribution in [2.75, 3.05) is 0 Å². The molecular weight excluding hydrogens is 368 g/mol. The van der Waals surface area contributed by atoms with Crippen LogP contribution in [0, 0.1) is 12.8 Å². The molecule has 1 aliphatic carbocycles. The van der Waals surface area contributed by atoms with Crippen LogP contribution in [0.1, 0.15) is 57.2 Å². The molecule has 0 fully saturated rings. The number of H-pyrrole nitrogens is 1. The van der Waals surface area contributed by atoms with E-state index >= 15 is 0 Å². The van der Waals surface area contributed by atoms with Gasteiger partial charge in [0.15, 0.2) is 11.9 Å². The molecule has 7 heteroatoms. The molecule has 3 aromatic rings. The Balaban J connectivity index is 1.64. The van der Waals surface area contributed by atoms with Crippen LogP contribution < -0.4 is 5.56 Å². The number of carbonyl (C=O) groups is 1. The molecule has 0 bridgehead atoms. The van der Waals surface area contributed by atoms with Crippen molar-refractivity contribution in [2.24, 2.45) is 5.92 Å². The Morgan fingerprint density at radius 3 is 2.92 bits per heavy atom. The number of nitrogens with one attached hydrogen (secondary N) is 1. The lowest BCUT2D eigenvalue weighted by molar-refractivity contribution is 0.0326. The van der Waals surface area contributed by atoms with E-state index in [1.165, 1.54) is 16.2 Å². The van der Waals surface area contributed by atoms with Crippen LogP contribution in [0.2, 0.25) is 0 Å². The number of hydrogen-bond acceptors (Lipinski definition) is 6. The van der Waals surface area contributed by atoms with Crippen molar-refractivity contribution in [1.82, 2.24) is 9.97 Å². The van der Waals surface area contributed by atoms with Crippen molar-refractivity contribution < 1.29 is 9.53 Å². The van der Waals surface area contributed by atoms with Gasteiger partial charge in [-0.25, -0.2) is 9.78 Å². The number of rotatable bonds is 3. The highest BCUT2D eigenvalue weighted by molar-refractivity contribution is 7.18. The molecule has 5 nitrogen and oxygen atoms in total. The zero-order valence-electron chi connectivity index (χ0n) is 14.9. The van der Waals surface area contributed by atoms with Gasteiger partial charge in [-0.3, -0.25) is 4.79 Å². The van der Waals surface area contributed by atoms with Crippen LogP contribution in [0.25, 0.3) is 10.2 Å². The second kappa shape index (κ2) is 6.63. The third-order valence-corrected chi connectivity index (χ3v) is 6.92. The van der Waals surface area contributed by atoms with Crippen LogP contribution in [-0.2, 0) is 17.6 Å². The highest BCUT2D eigenvalue weighted by atomic mass is 32.1. The summed E-state index contributed by atoms with van der Waals surface area (Å²) >= 11 is 2.99. The molecule has 0 spiro atoms. The average Bonchev–Trinajstić information content (AvgIpc) is 3.17. The molecule has 0 aromatic carbocycles. The minimum absolute atomic E-state index is 0.132. The van der Waals surface area contributed by atoms with E-state index in [-0.39, 0.29) is 5.56 Å². The quantitative estimate of drug-likeness (QED) is 0.675. The maximum Gasteiger partial charge on any atom is 0.349 e. The van der Waals surface area contributed by atoms with Crippen LogP contribution >= 0.6 is 22.7 Å². The second-order valence-corrected chi connectivity index (χ2v) is 9.31. The van der Waals surface area contributed by atoms with E-state index in [0.29, 0.717) is 22.0 Å². The van der Waals surface area contributed by atoms with Gasteiger partial charge in [0.25, 0.3) is 5.56 Å². The summed E-state index contributed by atoms with van der Waals surface area (Å²) in [4.78, 5) is 36.0. The van der Waals surface area contributed by atoms with Crippen LogP contribution in [0.15, 0.2) is 16.9 Å². The normalized spacial score (nSPS) is 17.9. The van der Waals surface area contributed by atoms with E-state index in [1.54, 1.807) is 24.3 Å². The molecule has 0 saturated carbocycles. The molecular formula is C19H20N2O3S2. The van der Waals surface area contributed by atoms with Crippen molar-refractivity contribution in [3.63, 3.8) is 0 Å². The average molecular weight is 389 g/mol. The summed E-state index contributed by atoms with van der Waals surface area (Å²) in [6.07, 6.45) is 2.44. The maximum absolute atomic E-state index is 12.7.